The number of nitrogens with zero attached hydrogens (tertiary/aromatic N) is 2. The van der Waals surface area contributed by atoms with E-state index in [-0.39, 0.29) is 0 Å². The third-order valence-corrected chi connectivity index (χ3v) is 4.59. The molecule has 2 aromatic carbocycles. The Balaban J connectivity index is 1.85. The number of thioether (sulfide) groups is 1. The van der Waals surface area contributed by atoms with Crippen LogP contribution in [0.3, 0.4) is 0 Å². The van der Waals surface area contributed by atoms with Gasteiger partial charge in [0, 0.05) is 20.4 Å². The van der Waals surface area contributed by atoms with Crippen LogP contribution in [0.5, 0.6) is 0 Å². The maximum Gasteiger partial charge on any atom is 0.141 e. The lowest BCUT2D eigenvalue weighted by Gasteiger charge is -2.07. The molecular weight excluding hydrogens is 348 g/mol. The smallest absolute Gasteiger partial charge is 0.141 e. The average Bonchev–Trinajstić information content (AvgIpc) is 2.46. The van der Waals surface area contributed by atoms with E-state index in [0.717, 1.165) is 26.0 Å². The molecule has 0 atom stereocenters. The summed E-state index contributed by atoms with van der Waals surface area (Å²) in [5, 5.41) is 0.884. The van der Waals surface area contributed by atoms with Gasteiger partial charge in [-0.25, -0.2) is 9.97 Å². The Morgan fingerprint density at radius 2 is 1.86 bits per heavy atom. The van der Waals surface area contributed by atoms with Gasteiger partial charge in [-0.2, -0.15) is 0 Å². The summed E-state index contributed by atoms with van der Waals surface area (Å²) in [7, 11) is 0. The molecule has 0 amide bonds. The topological polar surface area (TPSA) is 77.8 Å². The van der Waals surface area contributed by atoms with Gasteiger partial charge in [0.15, 0.2) is 0 Å². The first-order chi connectivity index (χ1) is 10.1. The predicted octanol–water partition coefficient (Wildman–Crippen LogP) is 3.85. The summed E-state index contributed by atoms with van der Waals surface area (Å²) in [5.74, 6) is 1.85. The van der Waals surface area contributed by atoms with Crippen LogP contribution in [0.25, 0.3) is 10.9 Å². The lowest BCUT2D eigenvalue weighted by molar-refractivity contribution is 1.08. The molecule has 3 aromatic rings. The number of hydrogen-bond acceptors (Lipinski definition) is 5. The fraction of sp³-hybridized carbons (Fsp3) is 0.0667. The second kappa shape index (κ2) is 5.91. The first-order valence-electron chi connectivity index (χ1n) is 6.32. The van der Waals surface area contributed by atoms with Crippen molar-refractivity contribution < 1.29 is 0 Å². The van der Waals surface area contributed by atoms with Crippen LogP contribution in [0.15, 0.2) is 51.8 Å². The molecule has 1 heterocycles. The van der Waals surface area contributed by atoms with Gasteiger partial charge in [-0.05, 0) is 30.3 Å². The molecule has 0 saturated heterocycles. The molecule has 0 aliphatic rings. The quantitative estimate of drug-likeness (QED) is 0.547. The Hall–Kier alpha value is -1.79. The van der Waals surface area contributed by atoms with Crippen LogP contribution in [0.2, 0.25) is 0 Å². The van der Waals surface area contributed by atoms with Crippen LogP contribution in [-0.2, 0) is 5.75 Å². The second-order valence-electron chi connectivity index (χ2n) is 4.51. The van der Waals surface area contributed by atoms with Crippen molar-refractivity contribution in [2.75, 3.05) is 11.5 Å². The molecule has 0 aliphatic heterocycles. The average molecular weight is 361 g/mol. The van der Waals surface area contributed by atoms with Gasteiger partial charge >= 0.3 is 0 Å². The first-order valence-corrected chi connectivity index (χ1v) is 8.10. The predicted molar refractivity (Wildman–Crippen MR) is 92.1 cm³/mol. The fourth-order valence-corrected chi connectivity index (χ4v) is 3.19. The summed E-state index contributed by atoms with van der Waals surface area (Å²) < 4.78 is 0.968. The van der Waals surface area contributed by atoms with Crippen LogP contribution < -0.4 is 11.5 Å². The van der Waals surface area contributed by atoms with Crippen LogP contribution in [0.4, 0.5) is 11.5 Å². The fourth-order valence-electron chi connectivity index (χ4n) is 2.01. The Morgan fingerprint density at radius 1 is 1.05 bits per heavy atom. The van der Waals surface area contributed by atoms with Crippen LogP contribution in [0.1, 0.15) is 5.82 Å². The molecule has 0 fully saturated rings. The number of nitrogens with two attached hydrogens (primary N) is 2. The van der Waals surface area contributed by atoms with Crippen molar-refractivity contribution in [1.29, 1.82) is 0 Å². The molecule has 6 heteroatoms. The molecule has 0 aliphatic carbocycles. The highest BCUT2D eigenvalue weighted by molar-refractivity contribution is 9.10. The van der Waals surface area contributed by atoms with Crippen molar-refractivity contribution in [1.82, 2.24) is 9.97 Å². The number of benzene rings is 2. The van der Waals surface area contributed by atoms with E-state index in [1.807, 2.05) is 42.5 Å². The Labute approximate surface area is 135 Å². The van der Waals surface area contributed by atoms with E-state index in [9.17, 15) is 0 Å². The molecule has 0 saturated carbocycles. The lowest BCUT2D eigenvalue weighted by atomic mass is 10.2. The van der Waals surface area contributed by atoms with Crippen molar-refractivity contribution in [2.45, 2.75) is 10.6 Å². The lowest BCUT2D eigenvalue weighted by Crippen LogP contribution is -2.00. The highest BCUT2D eigenvalue weighted by Crippen LogP contribution is 2.30. The zero-order valence-corrected chi connectivity index (χ0v) is 13.5. The highest BCUT2D eigenvalue weighted by Gasteiger charge is 2.07. The summed E-state index contributed by atoms with van der Waals surface area (Å²) in [6, 6.07) is 13.6. The highest BCUT2D eigenvalue weighted by atomic mass is 79.9. The Bertz CT molecular complexity index is 807. The Kier molecular flexibility index (Phi) is 3.98. The largest absolute Gasteiger partial charge is 0.398 e. The molecule has 3 rings (SSSR count). The molecular formula is C15H13BrN4S. The number of fused-ring (bicyclic) bond motifs is 1. The molecule has 4 N–H and O–H groups in total. The van der Waals surface area contributed by atoms with Crippen LogP contribution >= 0.6 is 27.7 Å². The van der Waals surface area contributed by atoms with E-state index in [1.165, 1.54) is 0 Å². The van der Waals surface area contributed by atoms with E-state index in [4.69, 9.17) is 11.5 Å². The summed E-state index contributed by atoms with van der Waals surface area (Å²) >= 11 is 5.00. The van der Waals surface area contributed by atoms with Crippen LogP contribution in [0, 0.1) is 0 Å². The van der Waals surface area contributed by atoms with Crippen molar-refractivity contribution in [3.63, 3.8) is 0 Å². The number of aromatic nitrogens is 2. The zero-order valence-electron chi connectivity index (χ0n) is 11.1. The molecule has 0 unspecified atom stereocenters. The SMILES string of the molecule is Nc1cc(Br)ccc1SCc1nc(N)c2ccccc2n1. The second-order valence-corrected chi connectivity index (χ2v) is 6.45. The minimum atomic E-state index is 0.514. The van der Waals surface area contributed by atoms with E-state index in [0.29, 0.717) is 17.4 Å². The van der Waals surface area contributed by atoms with E-state index in [1.54, 1.807) is 11.8 Å². The standard InChI is InChI=1S/C15H13BrN4S/c16-9-5-6-13(11(17)7-9)21-8-14-19-12-4-2-1-3-10(12)15(18)20-14/h1-7H,8,17H2,(H2,18,19,20). The Morgan fingerprint density at radius 3 is 2.67 bits per heavy atom. The van der Waals surface area contributed by atoms with Gasteiger partial charge in [-0.3, -0.25) is 0 Å². The third kappa shape index (κ3) is 3.11. The minimum absolute atomic E-state index is 0.514. The summed E-state index contributed by atoms with van der Waals surface area (Å²) in [6.45, 7) is 0. The maximum atomic E-state index is 5.99. The maximum absolute atomic E-state index is 5.99. The van der Waals surface area contributed by atoms with Gasteiger partial charge < -0.3 is 11.5 Å². The van der Waals surface area contributed by atoms with Gasteiger partial charge in [0.2, 0.25) is 0 Å². The number of anilines is 2. The molecule has 1 aromatic heterocycles. The molecule has 0 spiro atoms. The number of para-hydroxylation sites is 1. The van der Waals surface area contributed by atoms with Gasteiger partial charge in [-0.15, -0.1) is 11.8 Å². The number of rotatable bonds is 3. The van der Waals surface area contributed by atoms with Gasteiger partial charge in [0.1, 0.15) is 11.6 Å². The summed E-state index contributed by atoms with van der Waals surface area (Å²) in [6.07, 6.45) is 0. The van der Waals surface area contributed by atoms with Gasteiger partial charge in [-0.1, -0.05) is 28.1 Å². The molecule has 4 nitrogen and oxygen atoms in total. The van der Waals surface area contributed by atoms with E-state index >= 15 is 0 Å². The number of hydrogen-bond donors (Lipinski definition) is 2. The van der Waals surface area contributed by atoms with E-state index in [2.05, 4.69) is 25.9 Å². The van der Waals surface area contributed by atoms with Gasteiger partial charge in [0.25, 0.3) is 0 Å². The molecule has 0 radical (unpaired) electrons. The van der Waals surface area contributed by atoms with E-state index < -0.39 is 0 Å². The molecule has 106 valence electrons. The molecule has 0 bridgehead atoms. The van der Waals surface area contributed by atoms with Crippen molar-refractivity contribution in [3.8, 4) is 0 Å². The van der Waals surface area contributed by atoms with Crippen molar-refractivity contribution in [3.05, 3.63) is 52.8 Å². The van der Waals surface area contributed by atoms with Crippen LogP contribution in [-0.4, -0.2) is 9.97 Å². The van der Waals surface area contributed by atoms with Crippen molar-refractivity contribution in [2.24, 2.45) is 0 Å². The third-order valence-electron chi connectivity index (χ3n) is 3.01. The normalized spacial score (nSPS) is 10.9. The number of halogens is 1. The van der Waals surface area contributed by atoms with Crippen molar-refractivity contribution >= 4 is 50.1 Å². The summed E-state index contributed by atoms with van der Waals surface area (Å²) in [4.78, 5) is 9.90. The zero-order chi connectivity index (χ0) is 14.8. The number of nitrogen functional groups attached to an aromatic ring is 2. The first kappa shape index (κ1) is 14.2. The molecule has 21 heavy (non-hydrogen) atoms. The van der Waals surface area contributed by atoms with Gasteiger partial charge in [0.05, 0.1) is 11.3 Å². The minimum Gasteiger partial charge on any atom is -0.398 e. The summed E-state index contributed by atoms with van der Waals surface area (Å²) in [5.41, 5.74) is 13.6. The monoisotopic (exact) mass is 360 g/mol.